The normalized spacial score (nSPS) is 36.5. The van der Waals surface area contributed by atoms with Gasteiger partial charge in [-0.05, 0) is 120 Å². The number of alkyl halides is 1. The van der Waals surface area contributed by atoms with E-state index in [0.29, 0.717) is 31.1 Å². The summed E-state index contributed by atoms with van der Waals surface area (Å²) in [6.07, 6.45) is 13.1. The third kappa shape index (κ3) is 7.33. The van der Waals surface area contributed by atoms with E-state index >= 15 is 0 Å². The molecule has 6 heteroatoms. The molecule has 0 amide bonds. The molecular weight excluding hydrogens is 591 g/mol. The summed E-state index contributed by atoms with van der Waals surface area (Å²) in [5.41, 5.74) is 1.49. The first-order valence-electron chi connectivity index (χ1n) is 14.7. The van der Waals surface area contributed by atoms with Gasteiger partial charge >= 0.3 is 0 Å². The van der Waals surface area contributed by atoms with E-state index in [1.807, 2.05) is 13.8 Å². The predicted octanol–water partition coefficient (Wildman–Crippen LogP) is 6.15. The topological polar surface area (TPSA) is 101 Å². The van der Waals surface area contributed by atoms with Gasteiger partial charge in [0.15, 0.2) is 0 Å². The first kappa shape index (κ1) is 32.3. The second-order valence-electron chi connectivity index (χ2n) is 13.9. The summed E-state index contributed by atoms with van der Waals surface area (Å²) in [4.78, 5) is 0. The van der Waals surface area contributed by atoms with Crippen LogP contribution in [-0.2, 0) is 0 Å². The lowest BCUT2D eigenvalue weighted by Crippen LogP contribution is -2.48. The highest BCUT2D eigenvalue weighted by Gasteiger charge is 2.60. The molecule has 0 saturated heterocycles. The van der Waals surface area contributed by atoms with E-state index in [-0.39, 0.29) is 8.84 Å². The van der Waals surface area contributed by atoms with Gasteiger partial charge in [0, 0.05) is 9.84 Å². The zero-order valence-electron chi connectivity index (χ0n) is 24.3. The van der Waals surface area contributed by atoms with Gasteiger partial charge in [-0.25, -0.2) is 0 Å². The van der Waals surface area contributed by atoms with Crippen molar-refractivity contribution in [3.63, 3.8) is 0 Å². The van der Waals surface area contributed by atoms with Crippen molar-refractivity contribution in [2.75, 3.05) is 0 Å². The highest BCUT2D eigenvalue weighted by Crippen LogP contribution is 2.66. The zero-order valence-corrected chi connectivity index (χ0v) is 26.5. The number of aliphatic hydroxyl groups excluding tert-OH is 3. The lowest BCUT2D eigenvalue weighted by atomic mass is 9.59. The number of allylic oxidation sites excluding steroid dienone is 3. The Balaban J connectivity index is 1.85. The van der Waals surface area contributed by atoms with E-state index < -0.39 is 29.5 Å². The van der Waals surface area contributed by atoms with Gasteiger partial charge in [0.25, 0.3) is 0 Å². The van der Waals surface area contributed by atoms with Crippen LogP contribution in [0, 0.1) is 17.3 Å². The Kier molecular flexibility index (Phi) is 10.5. The standard InChI is InChI=1S/C32H53IO5/c1-21-23(19-25(34)20-27(21)35)12-11-22-9-7-17-31(6)26(22)15-18-32(31,33)24(10-8-16-29(2,3)37)13-14-28(36)30(4,5)38/h11-12,24-28,34-38H,1,7-10,13-20H2,2-6H3/b22-11+,23-12-/t24-,25-,26+,27+,28-,31+,32+/m1/s1. The highest BCUT2D eigenvalue weighted by atomic mass is 127. The third-order valence-corrected chi connectivity index (χ3v) is 12.6. The molecule has 0 radical (unpaired) electrons. The fraction of sp³-hybridized carbons (Fsp3) is 0.812. The first-order chi connectivity index (χ1) is 17.5. The van der Waals surface area contributed by atoms with Crippen molar-refractivity contribution >= 4 is 22.6 Å². The molecule has 0 bridgehead atoms. The molecule has 3 aliphatic rings. The van der Waals surface area contributed by atoms with E-state index in [9.17, 15) is 25.5 Å². The van der Waals surface area contributed by atoms with Gasteiger partial charge < -0.3 is 25.5 Å². The van der Waals surface area contributed by atoms with Crippen LogP contribution in [0.4, 0.5) is 0 Å². The zero-order chi connectivity index (χ0) is 28.5. The van der Waals surface area contributed by atoms with E-state index in [1.54, 1.807) is 13.8 Å². The molecule has 38 heavy (non-hydrogen) atoms. The SMILES string of the molecule is C=C1/C(=C\C=C2/CCC[C@@]3(C)[C@H]2CC[C@]3(I)[C@H](CCCC(C)(C)O)CC[C@@H](O)C(C)(C)O)C[C@@H](O)C[C@@H]1O. The van der Waals surface area contributed by atoms with E-state index in [0.717, 1.165) is 62.5 Å². The summed E-state index contributed by atoms with van der Waals surface area (Å²) < 4.78 is 0.0713. The largest absolute Gasteiger partial charge is 0.393 e. The molecule has 0 aromatic heterocycles. The lowest BCUT2D eigenvalue weighted by molar-refractivity contribution is -0.0552. The van der Waals surface area contributed by atoms with Crippen LogP contribution in [0.3, 0.4) is 0 Å². The smallest absolute Gasteiger partial charge is 0.0849 e. The van der Waals surface area contributed by atoms with Crippen LogP contribution in [0.1, 0.15) is 112 Å². The van der Waals surface area contributed by atoms with E-state index in [4.69, 9.17) is 0 Å². The fourth-order valence-electron chi connectivity index (χ4n) is 7.49. The first-order valence-corrected chi connectivity index (χ1v) is 15.8. The average Bonchev–Trinajstić information content (AvgIpc) is 3.07. The number of fused-ring (bicyclic) bond motifs is 1. The summed E-state index contributed by atoms with van der Waals surface area (Å²) in [5, 5.41) is 51.8. The van der Waals surface area contributed by atoms with Crippen LogP contribution in [-0.4, -0.2) is 58.5 Å². The number of hydrogen-bond acceptors (Lipinski definition) is 5. The van der Waals surface area contributed by atoms with Gasteiger partial charge in [-0.3, -0.25) is 0 Å². The minimum absolute atomic E-state index is 0.0713. The van der Waals surface area contributed by atoms with Crippen LogP contribution in [0.25, 0.3) is 0 Å². The van der Waals surface area contributed by atoms with Crippen molar-refractivity contribution < 1.29 is 25.5 Å². The molecule has 7 atom stereocenters. The van der Waals surface area contributed by atoms with Crippen LogP contribution in [0.15, 0.2) is 35.5 Å². The molecule has 0 aromatic rings. The maximum atomic E-state index is 10.7. The maximum Gasteiger partial charge on any atom is 0.0849 e. The summed E-state index contributed by atoms with van der Waals surface area (Å²) in [6, 6.07) is 0. The molecule has 3 saturated carbocycles. The molecule has 0 heterocycles. The Labute approximate surface area is 244 Å². The van der Waals surface area contributed by atoms with Crippen molar-refractivity contribution in [1.82, 2.24) is 0 Å². The van der Waals surface area contributed by atoms with Crippen molar-refractivity contribution in [3.8, 4) is 0 Å². The summed E-state index contributed by atoms with van der Waals surface area (Å²) in [7, 11) is 0. The molecule has 0 aromatic carbocycles. The Morgan fingerprint density at radius 1 is 1.08 bits per heavy atom. The average molecular weight is 645 g/mol. The highest BCUT2D eigenvalue weighted by molar-refractivity contribution is 14.1. The van der Waals surface area contributed by atoms with Crippen LogP contribution < -0.4 is 0 Å². The molecule has 0 unspecified atom stereocenters. The Hall–Kier alpha value is -0.250. The molecule has 3 aliphatic carbocycles. The van der Waals surface area contributed by atoms with Gasteiger partial charge in [0.1, 0.15) is 0 Å². The van der Waals surface area contributed by atoms with Crippen molar-refractivity contribution in [2.24, 2.45) is 17.3 Å². The minimum Gasteiger partial charge on any atom is -0.393 e. The number of aliphatic hydroxyl groups is 5. The lowest BCUT2D eigenvalue weighted by Gasteiger charge is -2.51. The minimum atomic E-state index is -1.11. The van der Waals surface area contributed by atoms with Gasteiger partial charge in [-0.15, -0.1) is 0 Å². The summed E-state index contributed by atoms with van der Waals surface area (Å²) >= 11 is 2.77. The molecule has 0 spiro atoms. The summed E-state index contributed by atoms with van der Waals surface area (Å²) in [5.74, 6) is 0.867. The fourth-order valence-corrected chi connectivity index (χ4v) is 9.07. The quantitative estimate of drug-likeness (QED) is 0.145. The van der Waals surface area contributed by atoms with Crippen molar-refractivity contribution in [3.05, 3.63) is 35.5 Å². The Bertz CT molecular complexity index is 897. The second-order valence-corrected chi connectivity index (χ2v) is 15.9. The van der Waals surface area contributed by atoms with Crippen molar-refractivity contribution in [2.45, 2.75) is 145 Å². The van der Waals surface area contributed by atoms with Gasteiger partial charge in [-0.1, -0.05) is 60.2 Å². The molecule has 5 nitrogen and oxygen atoms in total. The van der Waals surface area contributed by atoms with Gasteiger partial charge in [0.05, 0.1) is 29.5 Å². The van der Waals surface area contributed by atoms with Crippen LogP contribution >= 0.6 is 22.6 Å². The monoisotopic (exact) mass is 644 g/mol. The molecule has 0 aliphatic heterocycles. The number of halogens is 1. The predicted molar refractivity (Wildman–Crippen MR) is 163 cm³/mol. The maximum absolute atomic E-state index is 10.7. The molecule has 218 valence electrons. The van der Waals surface area contributed by atoms with Gasteiger partial charge in [0.2, 0.25) is 0 Å². The number of hydrogen-bond donors (Lipinski definition) is 5. The Morgan fingerprint density at radius 3 is 2.39 bits per heavy atom. The number of rotatable bonds is 10. The van der Waals surface area contributed by atoms with Gasteiger partial charge in [-0.2, -0.15) is 0 Å². The Morgan fingerprint density at radius 2 is 1.76 bits per heavy atom. The van der Waals surface area contributed by atoms with E-state index in [2.05, 4.69) is 48.2 Å². The molecule has 3 fully saturated rings. The van der Waals surface area contributed by atoms with Crippen molar-refractivity contribution in [1.29, 1.82) is 0 Å². The molecule has 5 N–H and O–H groups in total. The molecular formula is C32H53IO5. The third-order valence-electron chi connectivity index (χ3n) is 9.98. The second kappa shape index (κ2) is 12.3. The van der Waals surface area contributed by atoms with E-state index in [1.165, 1.54) is 12.0 Å². The molecule has 3 rings (SSSR count). The van der Waals surface area contributed by atoms with Crippen LogP contribution in [0.5, 0.6) is 0 Å². The summed E-state index contributed by atoms with van der Waals surface area (Å²) in [6.45, 7) is 13.7. The van der Waals surface area contributed by atoms with Crippen LogP contribution in [0.2, 0.25) is 0 Å².